The highest BCUT2D eigenvalue weighted by Gasteiger charge is 2.13. The number of rotatable bonds is 6. The summed E-state index contributed by atoms with van der Waals surface area (Å²) in [4.78, 5) is 10.4. The standard InChI is InChI=1S/C13H18N6O2/c1-9(2)7-14-8-13-15-16-17-18(13)12-5-4-11(19(20)21)6-10(12)3/h4-6,9,14H,7-8H2,1-3H3. The van der Waals surface area contributed by atoms with Gasteiger partial charge in [-0.2, -0.15) is 4.68 Å². The largest absolute Gasteiger partial charge is 0.310 e. The SMILES string of the molecule is Cc1cc([N+](=O)[O-])ccc1-n1nnnc1CNCC(C)C. The lowest BCUT2D eigenvalue weighted by Gasteiger charge is -2.09. The molecule has 0 amide bonds. The Balaban J connectivity index is 2.23. The van der Waals surface area contributed by atoms with Crippen LogP contribution in [0.4, 0.5) is 5.69 Å². The Morgan fingerprint density at radius 3 is 2.81 bits per heavy atom. The number of hydrogen-bond donors (Lipinski definition) is 1. The summed E-state index contributed by atoms with van der Waals surface area (Å²) in [5.74, 6) is 1.21. The number of nitro groups is 1. The highest BCUT2D eigenvalue weighted by molar-refractivity contribution is 5.47. The van der Waals surface area contributed by atoms with E-state index in [2.05, 4.69) is 34.7 Å². The van der Waals surface area contributed by atoms with Crippen LogP contribution in [0.3, 0.4) is 0 Å². The molecule has 2 rings (SSSR count). The first-order valence-electron chi connectivity index (χ1n) is 6.72. The van der Waals surface area contributed by atoms with Crippen LogP contribution in [0.2, 0.25) is 0 Å². The van der Waals surface area contributed by atoms with Crippen molar-refractivity contribution in [2.24, 2.45) is 5.92 Å². The van der Waals surface area contributed by atoms with Crippen molar-refractivity contribution in [3.8, 4) is 5.69 Å². The molecule has 8 heteroatoms. The lowest BCUT2D eigenvalue weighted by Crippen LogP contribution is -2.21. The van der Waals surface area contributed by atoms with Crippen molar-refractivity contribution >= 4 is 5.69 Å². The first-order valence-corrected chi connectivity index (χ1v) is 6.72. The molecule has 0 spiro atoms. The number of nitro benzene ring substituents is 1. The molecule has 0 aliphatic heterocycles. The van der Waals surface area contributed by atoms with Crippen LogP contribution >= 0.6 is 0 Å². The average molecular weight is 290 g/mol. The first-order chi connectivity index (χ1) is 9.99. The summed E-state index contributed by atoms with van der Waals surface area (Å²) in [6.45, 7) is 7.45. The van der Waals surface area contributed by atoms with Gasteiger partial charge >= 0.3 is 0 Å². The number of non-ortho nitro benzene ring substituents is 1. The maximum Gasteiger partial charge on any atom is 0.269 e. The molecule has 1 N–H and O–H groups in total. The van der Waals surface area contributed by atoms with E-state index in [1.807, 2.05) is 0 Å². The van der Waals surface area contributed by atoms with E-state index in [4.69, 9.17) is 0 Å². The molecule has 1 aromatic heterocycles. The molecule has 112 valence electrons. The van der Waals surface area contributed by atoms with Crippen LogP contribution in [0, 0.1) is 23.0 Å². The van der Waals surface area contributed by atoms with Crippen molar-refractivity contribution in [3.63, 3.8) is 0 Å². The van der Waals surface area contributed by atoms with E-state index >= 15 is 0 Å². The molecule has 0 aliphatic rings. The van der Waals surface area contributed by atoms with Crippen LogP contribution in [0.25, 0.3) is 5.69 Å². The topological polar surface area (TPSA) is 98.8 Å². The zero-order chi connectivity index (χ0) is 15.4. The third-order valence-electron chi connectivity index (χ3n) is 2.99. The number of tetrazole rings is 1. The average Bonchev–Trinajstić information content (AvgIpc) is 2.86. The smallest absolute Gasteiger partial charge is 0.269 e. The third kappa shape index (κ3) is 3.60. The van der Waals surface area contributed by atoms with Crippen LogP contribution in [0.5, 0.6) is 0 Å². The van der Waals surface area contributed by atoms with Crippen LogP contribution in [-0.4, -0.2) is 31.7 Å². The van der Waals surface area contributed by atoms with Crippen molar-refractivity contribution in [1.82, 2.24) is 25.5 Å². The summed E-state index contributed by atoms with van der Waals surface area (Å²) in [7, 11) is 0. The molecule has 0 atom stereocenters. The molecule has 0 bridgehead atoms. The Labute approximate surface area is 122 Å². The van der Waals surface area contributed by atoms with E-state index in [0.717, 1.165) is 17.8 Å². The van der Waals surface area contributed by atoms with Gasteiger partial charge in [-0.1, -0.05) is 13.8 Å². The highest BCUT2D eigenvalue weighted by atomic mass is 16.6. The Kier molecular flexibility index (Phi) is 4.59. The molecule has 0 aliphatic carbocycles. The van der Waals surface area contributed by atoms with Gasteiger partial charge in [-0.15, -0.1) is 5.10 Å². The fourth-order valence-corrected chi connectivity index (χ4v) is 1.97. The fourth-order valence-electron chi connectivity index (χ4n) is 1.97. The second-order valence-electron chi connectivity index (χ2n) is 5.26. The molecule has 21 heavy (non-hydrogen) atoms. The number of hydrogen-bond acceptors (Lipinski definition) is 6. The number of benzene rings is 1. The van der Waals surface area contributed by atoms with Crippen LogP contribution in [0.1, 0.15) is 25.2 Å². The van der Waals surface area contributed by atoms with Crippen LogP contribution in [0.15, 0.2) is 18.2 Å². The van der Waals surface area contributed by atoms with Crippen molar-refractivity contribution in [2.45, 2.75) is 27.3 Å². The molecular formula is C13H18N6O2. The molecule has 0 saturated carbocycles. The van der Waals surface area contributed by atoms with E-state index < -0.39 is 4.92 Å². The van der Waals surface area contributed by atoms with Crippen molar-refractivity contribution in [2.75, 3.05) is 6.54 Å². The summed E-state index contributed by atoms with van der Waals surface area (Å²) < 4.78 is 1.60. The predicted octanol–water partition coefficient (Wildman–Crippen LogP) is 1.62. The van der Waals surface area contributed by atoms with E-state index in [-0.39, 0.29) is 5.69 Å². The van der Waals surface area contributed by atoms with Gasteiger partial charge in [0.1, 0.15) is 0 Å². The summed E-state index contributed by atoms with van der Waals surface area (Å²) in [5, 5.41) is 25.7. The Morgan fingerprint density at radius 1 is 1.43 bits per heavy atom. The van der Waals surface area contributed by atoms with E-state index in [0.29, 0.717) is 18.3 Å². The molecule has 0 unspecified atom stereocenters. The second kappa shape index (κ2) is 6.40. The van der Waals surface area contributed by atoms with Gasteiger partial charge in [-0.3, -0.25) is 10.1 Å². The molecule has 0 fully saturated rings. The normalized spacial score (nSPS) is 11.0. The summed E-state index contributed by atoms with van der Waals surface area (Å²) in [6.07, 6.45) is 0. The molecule has 8 nitrogen and oxygen atoms in total. The second-order valence-corrected chi connectivity index (χ2v) is 5.26. The lowest BCUT2D eigenvalue weighted by atomic mass is 10.2. The van der Waals surface area contributed by atoms with Gasteiger partial charge in [-0.05, 0) is 41.4 Å². The molecule has 1 heterocycles. The van der Waals surface area contributed by atoms with Crippen molar-refractivity contribution in [3.05, 3.63) is 39.7 Å². The maximum atomic E-state index is 10.8. The number of aryl methyl sites for hydroxylation is 1. The monoisotopic (exact) mass is 290 g/mol. The van der Waals surface area contributed by atoms with Gasteiger partial charge < -0.3 is 5.32 Å². The number of nitrogens with zero attached hydrogens (tertiary/aromatic N) is 5. The summed E-state index contributed by atoms with van der Waals surface area (Å²) in [6, 6.07) is 4.63. The zero-order valence-electron chi connectivity index (χ0n) is 12.3. The van der Waals surface area contributed by atoms with Gasteiger partial charge in [0.05, 0.1) is 17.2 Å². The minimum atomic E-state index is -0.415. The van der Waals surface area contributed by atoms with Gasteiger partial charge in [0.25, 0.3) is 5.69 Å². The molecular weight excluding hydrogens is 272 g/mol. The predicted molar refractivity (Wildman–Crippen MR) is 77.1 cm³/mol. The van der Waals surface area contributed by atoms with Gasteiger partial charge in [0.15, 0.2) is 5.82 Å². The Bertz CT molecular complexity index is 637. The lowest BCUT2D eigenvalue weighted by molar-refractivity contribution is -0.384. The third-order valence-corrected chi connectivity index (χ3v) is 2.99. The zero-order valence-corrected chi connectivity index (χ0v) is 12.3. The van der Waals surface area contributed by atoms with Crippen molar-refractivity contribution in [1.29, 1.82) is 0 Å². The van der Waals surface area contributed by atoms with E-state index in [1.54, 1.807) is 17.7 Å². The number of nitrogens with one attached hydrogen (secondary N) is 1. The molecule has 2 aromatic rings. The molecule has 0 saturated heterocycles. The quantitative estimate of drug-likeness (QED) is 0.641. The number of aromatic nitrogens is 4. The fraction of sp³-hybridized carbons (Fsp3) is 0.462. The van der Waals surface area contributed by atoms with E-state index in [1.165, 1.54) is 12.1 Å². The van der Waals surface area contributed by atoms with Gasteiger partial charge in [0, 0.05) is 12.1 Å². The molecule has 0 radical (unpaired) electrons. The van der Waals surface area contributed by atoms with Crippen molar-refractivity contribution < 1.29 is 4.92 Å². The van der Waals surface area contributed by atoms with Gasteiger partial charge in [-0.25, -0.2) is 0 Å². The maximum absolute atomic E-state index is 10.8. The van der Waals surface area contributed by atoms with Crippen LogP contribution < -0.4 is 5.32 Å². The highest BCUT2D eigenvalue weighted by Crippen LogP contribution is 2.20. The minimum Gasteiger partial charge on any atom is -0.310 e. The molecule has 1 aromatic carbocycles. The van der Waals surface area contributed by atoms with Gasteiger partial charge in [0.2, 0.25) is 0 Å². The summed E-state index contributed by atoms with van der Waals surface area (Å²) >= 11 is 0. The van der Waals surface area contributed by atoms with E-state index in [9.17, 15) is 10.1 Å². The first kappa shape index (κ1) is 15.0. The summed E-state index contributed by atoms with van der Waals surface area (Å²) in [5.41, 5.74) is 1.55. The Hall–Kier alpha value is -2.35. The van der Waals surface area contributed by atoms with Crippen LogP contribution in [-0.2, 0) is 6.54 Å². The minimum absolute atomic E-state index is 0.0591. The Morgan fingerprint density at radius 2 is 2.19 bits per heavy atom.